The molecule has 0 unspecified atom stereocenters. The van der Waals surface area contributed by atoms with Crippen molar-refractivity contribution in [3.63, 3.8) is 0 Å². The molecular formula is C17H15N3O4S2. The number of nitrogens with zero attached hydrogens (tertiary/aromatic N) is 1. The molecule has 0 aliphatic heterocycles. The molecule has 2 N–H and O–H groups in total. The molecule has 1 aromatic carbocycles. The lowest BCUT2D eigenvalue weighted by Gasteiger charge is -2.11. The van der Waals surface area contributed by atoms with Crippen molar-refractivity contribution in [2.45, 2.75) is 13.0 Å². The minimum Gasteiger partial charge on any atom is -0.448 e. The van der Waals surface area contributed by atoms with Crippen LogP contribution in [0.2, 0.25) is 0 Å². The van der Waals surface area contributed by atoms with Crippen LogP contribution in [-0.2, 0) is 9.53 Å². The van der Waals surface area contributed by atoms with Gasteiger partial charge in [-0.1, -0.05) is 12.1 Å². The van der Waals surface area contributed by atoms with E-state index in [2.05, 4.69) is 15.6 Å². The van der Waals surface area contributed by atoms with E-state index in [1.54, 1.807) is 23.5 Å². The fourth-order valence-electron chi connectivity index (χ4n) is 2.09. The summed E-state index contributed by atoms with van der Waals surface area (Å²) in [5, 5.41) is 5.13. The molecule has 26 heavy (non-hydrogen) atoms. The first-order chi connectivity index (χ1) is 12.5. The van der Waals surface area contributed by atoms with Crippen LogP contribution < -0.4 is 10.6 Å². The smallest absolute Gasteiger partial charge is 0.349 e. The second-order valence-electron chi connectivity index (χ2n) is 5.27. The van der Waals surface area contributed by atoms with Gasteiger partial charge in [-0.2, -0.15) is 0 Å². The highest BCUT2D eigenvalue weighted by Gasteiger charge is 2.22. The van der Waals surface area contributed by atoms with Crippen LogP contribution in [0.5, 0.6) is 0 Å². The van der Waals surface area contributed by atoms with E-state index in [1.807, 2.05) is 24.3 Å². The van der Waals surface area contributed by atoms with Gasteiger partial charge in [0.15, 0.2) is 6.10 Å². The van der Waals surface area contributed by atoms with Crippen molar-refractivity contribution < 1.29 is 19.1 Å². The first kappa shape index (κ1) is 18.0. The molecule has 0 bridgehead atoms. The van der Waals surface area contributed by atoms with Gasteiger partial charge >= 0.3 is 12.0 Å². The van der Waals surface area contributed by atoms with Gasteiger partial charge in [0.25, 0.3) is 5.91 Å². The average Bonchev–Trinajstić information content (AvgIpc) is 3.27. The zero-order valence-electron chi connectivity index (χ0n) is 13.9. The van der Waals surface area contributed by atoms with Gasteiger partial charge < -0.3 is 10.1 Å². The first-order valence-corrected chi connectivity index (χ1v) is 9.30. The summed E-state index contributed by atoms with van der Waals surface area (Å²) in [6.45, 7) is 1.40. The fourth-order valence-corrected chi connectivity index (χ4v) is 4.00. The number of amides is 3. The number of para-hydroxylation sites is 1. The number of thiophene rings is 1. The lowest BCUT2D eigenvalue weighted by Crippen LogP contribution is -2.43. The predicted octanol–water partition coefficient (Wildman–Crippen LogP) is 3.03. The standard InChI is InChI=1S/C17H15N3O4S2/c1-9(14(21)20-17(23)18-2)24-16(22)13-8-7-12(25-13)15-19-10-5-3-4-6-11(10)26-15/h3-9H,1-2H3,(H2,18,20,21,23)/t9-/m0/s1. The van der Waals surface area contributed by atoms with E-state index < -0.39 is 24.0 Å². The molecule has 0 fully saturated rings. The van der Waals surface area contributed by atoms with Crippen molar-refractivity contribution in [1.29, 1.82) is 0 Å². The topological polar surface area (TPSA) is 97.4 Å². The van der Waals surface area contributed by atoms with Gasteiger partial charge in [-0.05, 0) is 31.2 Å². The normalized spacial score (nSPS) is 11.8. The van der Waals surface area contributed by atoms with Gasteiger partial charge in [0.1, 0.15) is 9.88 Å². The molecule has 0 aliphatic carbocycles. The highest BCUT2D eigenvalue weighted by molar-refractivity contribution is 7.26. The molecule has 0 aliphatic rings. The van der Waals surface area contributed by atoms with E-state index in [4.69, 9.17) is 4.74 Å². The van der Waals surface area contributed by atoms with Crippen LogP contribution in [0, 0.1) is 0 Å². The Balaban J connectivity index is 1.69. The summed E-state index contributed by atoms with van der Waals surface area (Å²) >= 11 is 2.79. The zero-order chi connectivity index (χ0) is 18.7. The summed E-state index contributed by atoms with van der Waals surface area (Å²) in [4.78, 5) is 40.9. The maximum Gasteiger partial charge on any atom is 0.349 e. The van der Waals surface area contributed by atoms with Crippen molar-refractivity contribution in [1.82, 2.24) is 15.6 Å². The number of fused-ring (bicyclic) bond motifs is 1. The molecule has 2 aromatic heterocycles. The Kier molecular flexibility index (Phi) is 5.29. The fraction of sp³-hybridized carbons (Fsp3) is 0.176. The van der Waals surface area contributed by atoms with Crippen LogP contribution in [0.1, 0.15) is 16.6 Å². The summed E-state index contributed by atoms with van der Waals surface area (Å²) in [6, 6.07) is 10.6. The van der Waals surface area contributed by atoms with Gasteiger partial charge in [0.2, 0.25) is 0 Å². The van der Waals surface area contributed by atoms with Crippen molar-refractivity contribution in [2.75, 3.05) is 7.05 Å². The molecule has 0 spiro atoms. The average molecular weight is 389 g/mol. The SMILES string of the molecule is CNC(=O)NC(=O)[C@H](C)OC(=O)c1ccc(-c2nc3ccccc3s2)s1. The largest absolute Gasteiger partial charge is 0.448 e. The molecule has 0 saturated carbocycles. The Morgan fingerprint density at radius 2 is 1.88 bits per heavy atom. The molecule has 3 aromatic rings. The van der Waals surface area contributed by atoms with Crippen LogP contribution in [0.4, 0.5) is 4.79 Å². The highest BCUT2D eigenvalue weighted by Crippen LogP contribution is 2.34. The van der Waals surface area contributed by atoms with Crippen LogP contribution >= 0.6 is 22.7 Å². The maximum absolute atomic E-state index is 12.2. The number of carbonyl (C=O) groups is 3. The molecule has 9 heteroatoms. The molecule has 0 saturated heterocycles. The minimum absolute atomic E-state index is 0.360. The van der Waals surface area contributed by atoms with Crippen LogP contribution in [0.25, 0.3) is 20.1 Å². The summed E-state index contributed by atoms with van der Waals surface area (Å²) in [6.07, 6.45) is -1.09. The number of esters is 1. The summed E-state index contributed by atoms with van der Waals surface area (Å²) in [5.41, 5.74) is 0.907. The Morgan fingerprint density at radius 1 is 1.12 bits per heavy atom. The highest BCUT2D eigenvalue weighted by atomic mass is 32.1. The number of aromatic nitrogens is 1. The predicted molar refractivity (Wildman–Crippen MR) is 100 cm³/mol. The third kappa shape index (κ3) is 3.89. The third-order valence-electron chi connectivity index (χ3n) is 3.43. The Labute approximate surface area is 157 Å². The Hall–Kier alpha value is -2.78. The number of benzene rings is 1. The van der Waals surface area contributed by atoms with E-state index in [0.29, 0.717) is 4.88 Å². The van der Waals surface area contributed by atoms with Gasteiger partial charge in [-0.25, -0.2) is 14.6 Å². The Bertz CT molecular complexity index is 946. The van der Waals surface area contributed by atoms with E-state index in [9.17, 15) is 14.4 Å². The van der Waals surface area contributed by atoms with E-state index >= 15 is 0 Å². The van der Waals surface area contributed by atoms with E-state index in [-0.39, 0.29) is 0 Å². The number of imide groups is 1. The van der Waals surface area contributed by atoms with Crippen LogP contribution in [0.15, 0.2) is 36.4 Å². The molecule has 1 atom stereocenters. The van der Waals surface area contributed by atoms with E-state index in [0.717, 1.165) is 20.1 Å². The number of urea groups is 1. The molecule has 0 radical (unpaired) electrons. The number of nitrogens with one attached hydrogen (secondary N) is 2. The second-order valence-corrected chi connectivity index (χ2v) is 7.38. The van der Waals surface area contributed by atoms with Crippen molar-refractivity contribution >= 4 is 50.8 Å². The summed E-state index contributed by atoms with van der Waals surface area (Å²) in [7, 11) is 1.38. The number of hydrogen-bond acceptors (Lipinski definition) is 7. The van der Waals surface area contributed by atoms with Gasteiger partial charge in [0, 0.05) is 7.05 Å². The maximum atomic E-state index is 12.2. The minimum atomic E-state index is -1.09. The zero-order valence-corrected chi connectivity index (χ0v) is 15.6. The first-order valence-electron chi connectivity index (χ1n) is 7.67. The number of thiazole rings is 1. The number of hydrogen-bond donors (Lipinski definition) is 2. The number of rotatable bonds is 4. The molecule has 3 amide bonds. The van der Waals surface area contributed by atoms with Crippen LogP contribution in [-0.4, -0.2) is 36.0 Å². The van der Waals surface area contributed by atoms with Gasteiger partial charge in [-0.3, -0.25) is 10.1 Å². The molecule has 2 heterocycles. The monoisotopic (exact) mass is 389 g/mol. The van der Waals surface area contributed by atoms with Gasteiger partial charge in [0.05, 0.1) is 15.1 Å². The third-order valence-corrected chi connectivity index (χ3v) is 5.70. The molecule has 3 rings (SSSR count). The van der Waals surface area contributed by atoms with Gasteiger partial charge in [-0.15, -0.1) is 22.7 Å². The van der Waals surface area contributed by atoms with E-state index in [1.165, 1.54) is 25.3 Å². The molecule has 134 valence electrons. The molecular weight excluding hydrogens is 374 g/mol. The van der Waals surface area contributed by atoms with Crippen LogP contribution in [0.3, 0.4) is 0 Å². The number of carbonyl (C=O) groups excluding carboxylic acids is 3. The second kappa shape index (κ2) is 7.63. The van der Waals surface area contributed by atoms with Crippen molar-refractivity contribution in [3.05, 3.63) is 41.3 Å². The lowest BCUT2D eigenvalue weighted by molar-refractivity contribution is -0.127. The summed E-state index contributed by atoms with van der Waals surface area (Å²) in [5.74, 6) is -1.32. The summed E-state index contributed by atoms with van der Waals surface area (Å²) < 4.78 is 6.18. The lowest BCUT2D eigenvalue weighted by atomic mass is 10.3. The number of ether oxygens (including phenoxy) is 1. The Morgan fingerprint density at radius 3 is 2.62 bits per heavy atom. The quantitative estimate of drug-likeness (QED) is 0.669. The van der Waals surface area contributed by atoms with Crippen molar-refractivity contribution in [2.24, 2.45) is 0 Å². The molecule has 7 nitrogen and oxygen atoms in total. The van der Waals surface area contributed by atoms with Crippen molar-refractivity contribution in [3.8, 4) is 9.88 Å².